The van der Waals surface area contributed by atoms with Gasteiger partial charge in [-0.25, -0.2) is 14.0 Å². The molecule has 50 heavy (non-hydrogen) atoms. The zero-order valence-electron chi connectivity index (χ0n) is 31.2. The minimum Gasteiger partial charge on any atom is -0.478 e. The second-order valence-corrected chi connectivity index (χ2v) is 21.1. The van der Waals surface area contributed by atoms with Crippen LogP contribution in [0.5, 0.6) is 0 Å². The highest BCUT2D eigenvalue weighted by Gasteiger charge is 2.50. The molecule has 0 radical (unpaired) electrons. The van der Waals surface area contributed by atoms with E-state index in [1.165, 1.54) is 35.0 Å². The molecule has 2 aromatic carbocycles. The third kappa shape index (κ3) is 9.92. The number of ether oxygens (including phenoxy) is 1. The summed E-state index contributed by atoms with van der Waals surface area (Å²) >= 11 is 0. The number of likely N-dealkylation sites (N-methyl/N-ethyl adjacent to an activating group) is 1. The highest BCUT2D eigenvalue weighted by molar-refractivity contribution is 6.79. The van der Waals surface area contributed by atoms with Gasteiger partial charge in [-0.15, -0.1) is 0 Å². The van der Waals surface area contributed by atoms with E-state index < -0.39 is 73.0 Å². The maximum Gasteiger partial charge on any atom is 0.410 e. The molecule has 1 heterocycles. The smallest absolute Gasteiger partial charge is 0.410 e. The van der Waals surface area contributed by atoms with E-state index in [2.05, 4.69) is 18.4 Å². The van der Waals surface area contributed by atoms with Gasteiger partial charge in [-0.05, 0) is 69.8 Å². The lowest BCUT2D eigenvalue weighted by atomic mass is 9.85. The van der Waals surface area contributed by atoms with Crippen molar-refractivity contribution in [3.63, 3.8) is 0 Å². The van der Waals surface area contributed by atoms with Crippen LogP contribution in [0.3, 0.4) is 0 Å². The van der Waals surface area contributed by atoms with Gasteiger partial charge in [0.1, 0.15) is 29.5 Å². The van der Waals surface area contributed by atoms with Gasteiger partial charge in [0.25, 0.3) is 0 Å². The van der Waals surface area contributed by atoms with Gasteiger partial charge in [0.2, 0.25) is 17.7 Å². The lowest BCUT2D eigenvalue weighted by Gasteiger charge is -2.39. The summed E-state index contributed by atoms with van der Waals surface area (Å²) < 4.78 is 20.5. The van der Waals surface area contributed by atoms with Crippen LogP contribution in [0, 0.1) is 11.2 Å². The molecule has 11 nitrogen and oxygen atoms in total. The molecule has 3 rings (SSSR count). The molecular weight excluding hydrogens is 660 g/mol. The molecule has 2 aromatic rings. The van der Waals surface area contributed by atoms with E-state index in [0.29, 0.717) is 23.3 Å². The first-order chi connectivity index (χ1) is 22.9. The van der Waals surface area contributed by atoms with Crippen molar-refractivity contribution in [2.75, 3.05) is 13.2 Å². The van der Waals surface area contributed by atoms with Gasteiger partial charge in [0.05, 0.1) is 19.7 Å². The first-order valence-corrected chi connectivity index (χ1v) is 20.3. The zero-order chi connectivity index (χ0) is 37.9. The van der Waals surface area contributed by atoms with Gasteiger partial charge in [-0.2, -0.15) is 0 Å². The van der Waals surface area contributed by atoms with E-state index in [1.54, 1.807) is 69.9 Å². The number of amides is 4. The second kappa shape index (κ2) is 15.3. The summed E-state index contributed by atoms with van der Waals surface area (Å²) in [6, 6.07) is 9.20. The van der Waals surface area contributed by atoms with E-state index in [4.69, 9.17) is 4.74 Å². The van der Waals surface area contributed by atoms with Crippen molar-refractivity contribution in [2.45, 2.75) is 111 Å². The lowest BCUT2D eigenvalue weighted by Crippen LogP contribution is -2.60. The predicted octanol–water partition coefficient (Wildman–Crippen LogP) is 5.86. The SMILES string of the molecule is CC(c1ccccc1F)N(Cc1ccc(C(=O)O)cc1)C(=O)[C@@H]1C[Si](C)(C)CN1C(=O)C(NC(=O)[C@H](C)N(C)C(=O)OC(C)(C)C)C(C)(C)C. The van der Waals surface area contributed by atoms with Crippen molar-refractivity contribution < 1.29 is 38.2 Å². The molecule has 0 bridgehead atoms. The van der Waals surface area contributed by atoms with Crippen LogP contribution in [0.25, 0.3) is 0 Å². The molecular formula is C37H53FN4O7Si. The summed E-state index contributed by atoms with van der Waals surface area (Å²) in [7, 11) is -0.707. The number of nitrogens with one attached hydrogen (secondary N) is 1. The summed E-state index contributed by atoms with van der Waals surface area (Å²) in [5.74, 6) is -2.90. The molecule has 0 spiro atoms. The molecule has 4 atom stereocenters. The van der Waals surface area contributed by atoms with Gasteiger partial charge in [0.15, 0.2) is 0 Å². The summed E-state index contributed by atoms with van der Waals surface area (Å²) in [5, 5.41) is 12.2. The average molecular weight is 713 g/mol. The minimum atomic E-state index is -2.16. The number of aromatic carboxylic acids is 1. The third-order valence-electron chi connectivity index (χ3n) is 8.99. The second-order valence-electron chi connectivity index (χ2n) is 16.1. The first kappa shape index (κ1) is 40.2. The number of carboxylic acid groups (broad SMARTS) is 1. The van der Waals surface area contributed by atoms with Gasteiger partial charge in [-0.3, -0.25) is 19.3 Å². The molecule has 274 valence electrons. The van der Waals surface area contributed by atoms with Gasteiger partial charge in [-0.1, -0.05) is 64.2 Å². The fourth-order valence-electron chi connectivity index (χ4n) is 6.00. The first-order valence-electron chi connectivity index (χ1n) is 16.9. The average Bonchev–Trinajstić information content (AvgIpc) is 3.34. The predicted molar refractivity (Wildman–Crippen MR) is 191 cm³/mol. The summed E-state index contributed by atoms with van der Waals surface area (Å²) in [5.41, 5.74) is -0.500. The molecule has 2 N–H and O–H groups in total. The Kier molecular flexibility index (Phi) is 12.3. The number of nitrogens with zero attached hydrogens (tertiary/aromatic N) is 3. The van der Waals surface area contributed by atoms with Gasteiger partial charge in [0, 0.05) is 25.3 Å². The highest BCUT2D eigenvalue weighted by Crippen LogP contribution is 2.34. The fourth-order valence-corrected chi connectivity index (χ4v) is 8.86. The topological polar surface area (TPSA) is 137 Å². The molecule has 13 heteroatoms. The van der Waals surface area contributed by atoms with Crippen molar-refractivity contribution in [2.24, 2.45) is 5.41 Å². The standard InChI is InChI=1S/C37H53FN4O7Si/c1-23(27-14-12-13-15-28(27)38)41(20-25-16-18-26(19-17-25)34(46)47)32(44)29-21-50(10,11)22-42(29)33(45)30(36(3,4)5)39-31(43)24(2)40(9)35(48)49-37(6,7)8/h12-19,23-24,29-30H,20-22H2,1-11H3,(H,39,43)(H,46,47)/t23?,24-,29-,30?/m0/s1. The van der Waals surface area contributed by atoms with Crippen LogP contribution in [-0.2, 0) is 25.7 Å². The molecule has 0 aromatic heterocycles. The minimum absolute atomic E-state index is 0.0443. The maximum absolute atomic E-state index is 15.1. The van der Waals surface area contributed by atoms with Crippen LogP contribution in [0.2, 0.25) is 19.1 Å². The van der Waals surface area contributed by atoms with E-state index in [1.807, 2.05) is 20.8 Å². The number of carboxylic acids is 1. The highest BCUT2D eigenvalue weighted by atomic mass is 28.3. The largest absolute Gasteiger partial charge is 0.478 e. The molecule has 1 fully saturated rings. The summed E-state index contributed by atoms with van der Waals surface area (Å²) in [4.78, 5) is 71.3. The Morgan fingerprint density at radius 1 is 1.00 bits per heavy atom. The van der Waals surface area contributed by atoms with Crippen LogP contribution < -0.4 is 5.32 Å². The van der Waals surface area contributed by atoms with Gasteiger partial charge < -0.3 is 25.0 Å². The van der Waals surface area contributed by atoms with Crippen LogP contribution in [-0.4, -0.2) is 94.6 Å². The number of carbonyl (C=O) groups is 5. The van der Waals surface area contributed by atoms with E-state index in [9.17, 15) is 29.1 Å². The van der Waals surface area contributed by atoms with Crippen LogP contribution in [0.1, 0.15) is 82.9 Å². The lowest BCUT2D eigenvalue weighted by molar-refractivity contribution is -0.148. The number of rotatable bonds is 10. The van der Waals surface area contributed by atoms with Crippen molar-refractivity contribution in [1.82, 2.24) is 20.0 Å². The number of hydrogen-bond acceptors (Lipinski definition) is 6. The molecule has 2 unspecified atom stereocenters. The molecule has 1 saturated heterocycles. The van der Waals surface area contributed by atoms with Crippen LogP contribution >= 0.6 is 0 Å². The van der Waals surface area contributed by atoms with Crippen LogP contribution in [0.15, 0.2) is 48.5 Å². The molecule has 1 aliphatic heterocycles. The number of carbonyl (C=O) groups excluding carboxylic acids is 4. The fraction of sp³-hybridized carbons (Fsp3) is 0.541. The van der Waals surface area contributed by atoms with E-state index >= 15 is 4.39 Å². The van der Waals surface area contributed by atoms with E-state index in [0.717, 1.165) is 0 Å². The van der Waals surface area contributed by atoms with Gasteiger partial charge >= 0.3 is 12.1 Å². The molecule has 4 amide bonds. The zero-order valence-corrected chi connectivity index (χ0v) is 32.2. The van der Waals surface area contributed by atoms with Crippen molar-refractivity contribution in [3.8, 4) is 0 Å². The Hall–Kier alpha value is -4.26. The Morgan fingerprint density at radius 2 is 1.58 bits per heavy atom. The quantitative estimate of drug-likeness (QED) is 0.295. The molecule has 0 saturated carbocycles. The Bertz CT molecular complexity index is 1590. The third-order valence-corrected chi connectivity index (χ3v) is 11.7. The number of benzene rings is 2. The summed E-state index contributed by atoms with van der Waals surface area (Å²) in [6.07, 6.45) is -0.314. The van der Waals surface area contributed by atoms with Crippen molar-refractivity contribution >= 4 is 37.9 Å². The Morgan fingerprint density at radius 3 is 2.10 bits per heavy atom. The number of hydrogen-bond donors (Lipinski definition) is 2. The monoisotopic (exact) mass is 712 g/mol. The molecule has 0 aliphatic carbocycles. The van der Waals surface area contributed by atoms with E-state index in [-0.39, 0.29) is 18.0 Å². The summed E-state index contributed by atoms with van der Waals surface area (Å²) in [6.45, 7) is 18.2. The van der Waals surface area contributed by atoms with Crippen molar-refractivity contribution in [1.29, 1.82) is 0 Å². The Labute approximate surface area is 296 Å². The van der Waals surface area contributed by atoms with Crippen molar-refractivity contribution in [3.05, 3.63) is 71.0 Å². The maximum atomic E-state index is 15.1. The van der Waals surface area contributed by atoms with Crippen LogP contribution in [0.4, 0.5) is 9.18 Å². The normalized spacial score (nSPS) is 17.7. The Balaban J connectivity index is 1.98. The molecule has 1 aliphatic rings. The number of halogens is 1.